The molecule has 1 fully saturated rings. The molecule has 1 aliphatic heterocycles. The summed E-state index contributed by atoms with van der Waals surface area (Å²) in [5.41, 5.74) is -8.24. The van der Waals surface area contributed by atoms with Crippen LogP contribution in [0.4, 0.5) is 0 Å². The van der Waals surface area contributed by atoms with E-state index in [-0.39, 0.29) is 5.75 Å². The van der Waals surface area contributed by atoms with Crippen LogP contribution in [0.2, 0.25) is 0 Å². The minimum absolute atomic E-state index is 0.287. The minimum atomic E-state index is -3.07. The van der Waals surface area contributed by atoms with Crippen molar-refractivity contribution in [3.8, 4) is 16.9 Å². The summed E-state index contributed by atoms with van der Waals surface area (Å²) < 4.78 is 5.85. The first kappa shape index (κ1) is 22.6. The first-order valence-corrected chi connectivity index (χ1v) is 11.1. The van der Waals surface area contributed by atoms with Gasteiger partial charge in [-0.05, 0) is 60.9 Å². The molecular formula is C21H22O7S2. The number of benzene rings is 1. The number of thioether (sulfide) groups is 1. The molecule has 2 aromatic rings. The molecule has 3 rings (SSSR count). The Morgan fingerprint density at radius 1 is 1.00 bits per heavy atom. The predicted octanol–water partition coefficient (Wildman–Crippen LogP) is 1.83. The van der Waals surface area contributed by atoms with Gasteiger partial charge in [-0.1, -0.05) is 12.1 Å². The highest BCUT2D eigenvalue weighted by atomic mass is 32.2. The third-order valence-electron chi connectivity index (χ3n) is 5.50. The maximum atomic E-state index is 12.5. The smallest absolute Gasteiger partial charge is 0.208 e. The molecule has 0 bridgehead atoms. The highest BCUT2D eigenvalue weighted by molar-refractivity contribution is 8.00. The molecule has 9 heteroatoms. The van der Waals surface area contributed by atoms with Crippen LogP contribution in [0.3, 0.4) is 0 Å². The number of carbonyl (C=O) groups is 3. The maximum Gasteiger partial charge on any atom is 0.208 e. The molecule has 1 saturated heterocycles. The molecule has 1 aliphatic rings. The minimum Gasteiger partial charge on any atom is -0.476 e. The number of aliphatic hydroxyl groups is 3. The summed E-state index contributed by atoms with van der Waals surface area (Å²) in [4.78, 5) is 37.1. The number of Topliss-reactive ketones (excluding diaryl/α,β-unsaturated/α-hetero) is 3. The zero-order chi connectivity index (χ0) is 22.3. The third kappa shape index (κ3) is 3.21. The van der Waals surface area contributed by atoms with E-state index in [4.69, 9.17) is 4.74 Å². The number of rotatable bonds is 6. The van der Waals surface area contributed by atoms with Gasteiger partial charge in [-0.15, -0.1) is 11.8 Å². The highest BCUT2D eigenvalue weighted by Gasteiger charge is 2.75. The van der Waals surface area contributed by atoms with Crippen molar-refractivity contribution in [1.82, 2.24) is 0 Å². The van der Waals surface area contributed by atoms with Gasteiger partial charge in [0.05, 0.1) is 0 Å². The van der Waals surface area contributed by atoms with E-state index in [0.29, 0.717) is 0 Å². The van der Waals surface area contributed by atoms with Crippen molar-refractivity contribution >= 4 is 40.4 Å². The fourth-order valence-corrected chi connectivity index (χ4v) is 5.89. The summed E-state index contributed by atoms with van der Waals surface area (Å²) in [6.07, 6.45) is 0. The number of hydrogen-bond acceptors (Lipinski definition) is 9. The monoisotopic (exact) mass is 450 g/mol. The van der Waals surface area contributed by atoms with Crippen LogP contribution >= 0.6 is 23.1 Å². The summed E-state index contributed by atoms with van der Waals surface area (Å²) in [6, 6.07) is 8.82. The largest absolute Gasteiger partial charge is 0.476 e. The zero-order valence-corrected chi connectivity index (χ0v) is 18.3. The van der Waals surface area contributed by atoms with E-state index >= 15 is 0 Å². The fourth-order valence-electron chi connectivity index (χ4n) is 3.66. The van der Waals surface area contributed by atoms with Gasteiger partial charge in [0.15, 0.2) is 34.0 Å². The average molecular weight is 451 g/mol. The lowest BCUT2D eigenvalue weighted by Crippen LogP contribution is -2.82. The van der Waals surface area contributed by atoms with E-state index < -0.39 is 45.3 Å². The quantitative estimate of drug-likeness (QED) is 0.610. The molecule has 30 heavy (non-hydrogen) atoms. The lowest BCUT2D eigenvalue weighted by atomic mass is 9.65. The van der Waals surface area contributed by atoms with Gasteiger partial charge in [0.1, 0.15) is 5.75 Å². The second-order valence-corrected chi connectivity index (χ2v) is 9.14. The molecular weight excluding hydrogens is 428 g/mol. The molecule has 3 N–H and O–H groups in total. The molecule has 2 heterocycles. The maximum absolute atomic E-state index is 12.5. The standard InChI is InChI=1S/C21H22O7S2/c1-12(22)19(25)11-30-18(20(26,13(2)23)21(19,27)14(3)24)28-17-6-4-5-15(9-17)16-7-8-29-10-16/h4-10,18,25-27H,11H2,1-3H3/t18-,19-,20-,21-/m0/s1. The van der Waals surface area contributed by atoms with Crippen molar-refractivity contribution in [3.63, 3.8) is 0 Å². The van der Waals surface area contributed by atoms with Crippen LogP contribution in [0.5, 0.6) is 5.75 Å². The van der Waals surface area contributed by atoms with Crippen LogP contribution in [-0.2, 0) is 14.4 Å². The highest BCUT2D eigenvalue weighted by Crippen LogP contribution is 2.49. The second kappa shape index (κ2) is 7.90. The second-order valence-electron chi connectivity index (χ2n) is 7.31. The molecule has 7 nitrogen and oxygen atoms in total. The van der Waals surface area contributed by atoms with Gasteiger partial charge in [0.25, 0.3) is 0 Å². The molecule has 0 aliphatic carbocycles. The van der Waals surface area contributed by atoms with Crippen LogP contribution in [-0.4, -0.2) is 60.7 Å². The molecule has 0 radical (unpaired) electrons. The molecule has 0 spiro atoms. The van der Waals surface area contributed by atoms with Crippen molar-refractivity contribution in [1.29, 1.82) is 0 Å². The van der Waals surface area contributed by atoms with Crippen molar-refractivity contribution < 1.29 is 34.4 Å². The Hall–Kier alpha value is -2.04. The number of ether oxygens (including phenoxy) is 1. The van der Waals surface area contributed by atoms with Crippen molar-refractivity contribution in [2.75, 3.05) is 5.75 Å². The Morgan fingerprint density at radius 2 is 1.70 bits per heavy atom. The first-order valence-electron chi connectivity index (χ1n) is 9.09. The van der Waals surface area contributed by atoms with E-state index in [0.717, 1.165) is 43.7 Å². The normalized spacial score (nSPS) is 31.2. The van der Waals surface area contributed by atoms with Crippen molar-refractivity contribution in [3.05, 3.63) is 41.1 Å². The SMILES string of the molecule is CC(=O)[C@]1(O)[C@@](O)(C(C)=O)CS[C@H](Oc2cccc(-c3ccsc3)c2)[C@@]1(O)C(C)=O. The van der Waals surface area contributed by atoms with Gasteiger partial charge in [-0.25, -0.2) is 0 Å². The number of carbonyl (C=O) groups excluding carboxylic acids is 3. The van der Waals surface area contributed by atoms with Crippen LogP contribution in [0.15, 0.2) is 41.1 Å². The summed E-state index contributed by atoms with van der Waals surface area (Å²) in [6.45, 7) is 2.87. The Morgan fingerprint density at radius 3 is 2.23 bits per heavy atom. The lowest BCUT2D eigenvalue weighted by molar-refractivity contribution is -0.235. The molecule has 1 aromatic heterocycles. The van der Waals surface area contributed by atoms with E-state index in [1.54, 1.807) is 18.2 Å². The fraction of sp³-hybridized carbons (Fsp3) is 0.381. The molecule has 4 atom stereocenters. The summed E-state index contributed by atoms with van der Waals surface area (Å²) in [5.74, 6) is -3.21. The number of thiophene rings is 1. The Balaban J connectivity index is 2.06. The van der Waals surface area contributed by atoms with Gasteiger partial charge in [0.2, 0.25) is 5.60 Å². The van der Waals surface area contributed by atoms with Gasteiger partial charge in [0, 0.05) is 5.75 Å². The number of hydrogen-bond donors (Lipinski definition) is 3. The Labute approximate surface area is 181 Å². The Kier molecular flexibility index (Phi) is 5.96. The van der Waals surface area contributed by atoms with E-state index in [2.05, 4.69) is 0 Å². The van der Waals surface area contributed by atoms with E-state index in [1.165, 1.54) is 11.3 Å². The van der Waals surface area contributed by atoms with Crippen molar-refractivity contribution in [2.24, 2.45) is 0 Å². The van der Waals surface area contributed by atoms with Crippen LogP contribution in [0, 0.1) is 0 Å². The third-order valence-corrected chi connectivity index (χ3v) is 7.50. The molecule has 0 unspecified atom stereocenters. The van der Waals surface area contributed by atoms with Gasteiger partial charge in [-0.3, -0.25) is 14.4 Å². The predicted molar refractivity (Wildman–Crippen MR) is 114 cm³/mol. The molecule has 1 aromatic carbocycles. The van der Waals surface area contributed by atoms with E-state index in [9.17, 15) is 29.7 Å². The van der Waals surface area contributed by atoms with Crippen LogP contribution < -0.4 is 4.74 Å². The lowest BCUT2D eigenvalue weighted by Gasteiger charge is -2.54. The van der Waals surface area contributed by atoms with Crippen molar-refractivity contribution in [2.45, 2.75) is 43.0 Å². The molecule has 0 saturated carbocycles. The summed E-state index contributed by atoms with van der Waals surface area (Å²) in [5, 5.41) is 37.3. The molecule has 160 valence electrons. The summed E-state index contributed by atoms with van der Waals surface area (Å²) in [7, 11) is 0. The topological polar surface area (TPSA) is 121 Å². The Bertz CT molecular complexity index is 989. The van der Waals surface area contributed by atoms with Crippen LogP contribution in [0.25, 0.3) is 11.1 Å². The average Bonchev–Trinajstić information content (AvgIpc) is 3.23. The van der Waals surface area contributed by atoms with Gasteiger partial charge < -0.3 is 20.1 Å². The van der Waals surface area contributed by atoms with Gasteiger partial charge >= 0.3 is 0 Å². The van der Waals surface area contributed by atoms with E-state index in [1.807, 2.05) is 22.9 Å². The first-order chi connectivity index (χ1) is 14.0. The zero-order valence-electron chi connectivity index (χ0n) is 16.6. The van der Waals surface area contributed by atoms with Gasteiger partial charge in [-0.2, -0.15) is 11.3 Å². The number of ketones is 3. The molecule has 0 amide bonds. The summed E-state index contributed by atoms with van der Waals surface area (Å²) >= 11 is 2.30. The van der Waals surface area contributed by atoms with Crippen LogP contribution in [0.1, 0.15) is 20.8 Å².